The molecule has 0 heterocycles. The van der Waals surface area contributed by atoms with Gasteiger partial charge < -0.3 is 11.1 Å². The first-order valence-corrected chi connectivity index (χ1v) is 3.85. The summed E-state index contributed by atoms with van der Waals surface area (Å²) in [4.78, 5) is 0. The van der Waals surface area contributed by atoms with E-state index in [-0.39, 0.29) is 16.8 Å². The van der Waals surface area contributed by atoms with Crippen molar-refractivity contribution in [2.75, 3.05) is 0 Å². The molecule has 0 aliphatic heterocycles. The van der Waals surface area contributed by atoms with Gasteiger partial charge in [0.05, 0.1) is 5.03 Å². The van der Waals surface area contributed by atoms with Gasteiger partial charge in [-0.1, -0.05) is 6.58 Å². The van der Waals surface area contributed by atoms with E-state index in [4.69, 9.17) is 11.1 Å². The zero-order chi connectivity index (χ0) is 10.5. The van der Waals surface area contributed by atoms with Crippen LogP contribution in [0.4, 0.5) is 13.2 Å². The first kappa shape index (κ1) is 11.9. The van der Waals surface area contributed by atoms with E-state index in [0.717, 1.165) is 12.3 Å². The lowest BCUT2D eigenvalue weighted by atomic mass is 10.6. The molecular formula is C6H8F3N3S. The third-order valence-electron chi connectivity index (χ3n) is 0.757. The predicted octanol–water partition coefficient (Wildman–Crippen LogP) is 1.75. The van der Waals surface area contributed by atoms with E-state index in [9.17, 15) is 13.2 Å². The zero-order valence-electron chi connectivity index (χ0n) is 6.48. The quantitative estimate of drug-likeness (QED) is 0.490. The summed E-state index contributed by atoms with van der Waals surface area (Å²) in [5, 5.41) is 8.69. The van der Waals surface area contributed by atoms with Crippen molar-refractivity contribution in [1.29, 1.82) is 5.41 Å². The number of rotatable bonds is 4. The van der Waals surface area contributed by atoms with E-state index in [2.05, 4.69) is 11.9 Å². The number of hydrogen-bond acceptors (Lipinski definition) is 3. The summed E-state index contributed by atoms with van der Waals surface area (Å²) in [6.45, 7) is 3.19. The van der Waals surface area contributed by atoms with E-state index in [1.54, 1.807) is 0 Å². The van der Waals surface area contributed by atoms with Crippen molar-refractivity contribution in [3.05, 3.63) is 23.9 Å². The molecule has 0 aromatic rings. The molecule has 7 heteroatoms. The molecule has 74 valence electrons. The number of alkyl halides is 3. The molecule has 3 nitrogen and oxygen atoms in total. The number of nitrogens with two attached hydrogens (primary N) is 1. The fourth-order valence-corrected chi connectivity index (χ4v) is 1.04. The molecule has 0 bridgehead atoms. The molecule has 0 amide bonds. The summed E-state index contributed by atoms with van der Waals surface area (Å²) in [7, 11) is 0. The van der Waals surface area contributed by atoms with Crippen LogP contribution in [0.5, 0.6) is 0 Å². The first-order valence-electron chi connectivity index (χ1n) is 3.04. The number of hydrogen-bond donors (Lipinski definition) is 3. The monoisotopic (exact) mass is 211 g/mol. The van der Waals surface area contributed by atoms with Crippen molar-refractivity contribution in [2.45, 2.75) is 5.51 Å². The van der Waals surface area contributed by atoms with Gasteiger partial charge in [0, 0.05) is 17.8 Å². The smallest absolute Gasteiger partial charge is 0.384 e. The van der Waals surface area contributed by atoms with Crippen molar-refractivity contribution in [3.63, 3.8) is 0 Å². The maximum atomic E-state index is 11.8. The Bertz CT molecular complexity index is 234. The van der Waals surface area contributed by atoms with E-state index in [1.165, 1.54) is 0 Å². The van der Waals surface area contributed by atoms with Crippen molar-refractivity contribution in [2.24, 2.45) is 5.73 Å². The van der Waals surface area contributed by atoms with Gasteiger partial charge in [-0.15, -0.1) is 0 Å². The SMILES string of the molecule is C=CNC(=CC(=N)N)SC(F)(F)F. The van der Waals surface area contributed by atoms with Crippen molar-refractivity contribution < 1.29 is 13.2 Å². The topological polar surface area (TPSA) is 61.9 Å². The normalized spacial score (nSPS) is 12.4. The molecule has 0 rings (SSSR count). The average Bonchev–Trinajstić information content (AvgIpc) is 1.81. The van der Waals surface area contributed by atoms with Gasteiger partial charge in [0.1, 0.15) is 5.84 Å². The maximum absolute atomic E-state index is 11.8. The second-order valence-electron chi connectivity index (χ2n) is 1.86. The fourth-order valence-electron chi connectivity index (χ4n) is 0.467. The van der Waals surface area contributed by atoms with Crippen molar-refractivity contribution >= 4 is 17.6 Å². The molecule has 0 spiro atoms. The van der Waals surface area contributed by atoms with Gasteiger partial charge in [-0.05, 0) is 6.20 Å². The molecule has 0 aromatic carbocycles. The van der Waals surface area contributed by atoms with Gasteiger partial charge >= 0.3 is 5.51 Å². The van der Waals surface area contributed by atoms with Gasteiger partial charge in [0.25, 0.3) is 0 Å². The van der Waals surface area contributed by atoms with Crippen LogP contribution in [-0.2, 0) is 0 Å². The van der Waals surface area contributed by atoms with E-state index < -0.39 is 11.3 Å². The summed E-state index contributed by atoms with van der Waals surface area (Å²) in [5.74, 6) is -0.457. The molecule has 13 heavy (non-hydrogen) atoms. The van der Waals surface area contributed by atoms with Crippen LogP contribution in [0.3, 0.4) is 0 Å². The second-order valence-corrected chi connectivity index (χ2v) is 2.97. The van der Waals surface area contributed by atoms with E-state index in [0.29, 0.717) is 0 Å². The minimum atomic E-state index is -4.41. The van der Waals surface area contributed by atoms with Crippen LogP contribution in [0.25, 0.3) is 0 Å². The lowest BCUT2D eigenvalue weighted by Gasteiger charge is -2.08. The largest absolute Gasteiger partial charge is 0.447 e. The lowest BCUT2D eigenvalue weighted by molar-refractivity contribution is -0.0322. The summed E-state index contributed by atoms with van der Waals surface area (Å²) in [6.07, 6.45) is 1.94. The summed E-state index contributed by atoms with van der Waals surface area (Å²) >= 11 is -0.387. The second kappa shape index (κ2) is 4.80. The third kappa shape index (κ3) is 7.26. The Morgan fingerprint density at radius 1 is 1.54 bits per heavy atom. The maximum Gasteiger partial charge on any atom is 0.447 e. The Hall–Kier alpha value is -1.11. The Morgan fingerprint density at radius 3 is 2.38 bits per heavy atom. The first-order chi connectivity index (χ1) is 5.85. The zero-order valence-corrected chi connectivity index (χ0v) is 7.30. The molecule has 0 aliphatic carbocycles. The molecule has 0 unspecified atom stereocenters. The average molecular weight is 211 g/mol. The molecule has 0 aromatic heterocycles. The van der Waals surface area contributed by atoms with Crippen LogP contribution in [0, 0.1) is 5.41 Å². The molecule has 0 aliphatic rings. The fraction of sp³-hybridized carbons (Fsp3) is 0.167. The highest BCUT2D eigenvalue weighted by Crippen LogP contribution is 2.34. The standard InChI is InChI=1S/C6H8F3N3S/c1-2-12-5(3-4(10)11)13-6(7,8)9/h2-3,12H,1H2,(H3,10,11). The van der Waals surface area contributed by atoms with Gasteiger partial charge in [0.15, 0.2) is 0 Å². The molecule has 0 fully saturated rings. The summed E-state index contributed by atoms with van der Waals surface area (Å²) < 4.78 is 35.4. The van der Waals surface area contributed by atoms with Gasteiger partial charge in [-0.2, -0.15) is 13.2 Å². The third-order valence-corrected chi connectivity index (χ3v) is 1.44. The van der Waals surface area contributed by atoms with Crippen LogP contribution in [0.1, 0.15) is 0 Å². The molecule has 0 saturated heterocycles. The van der Waals surface area contributed by atoms with Gasteiger partial charge in [-0.3, -0.25) is 5.41 Å². The minimum Gasteiger partial charge on any atom is -0.384 e. The Morgan fingerprint density at radius 2 is 2.08 bits per heavy atom. The predicted molar refractivity (Wildman–Crippen MR) is 47.0 cm³/mol. The molecule has 4 N–H and O–H groups in total. The molecular weight excluding hydrogens is 203 g/mol. The summed E-state index contributed by atoms with van der Waals surface area (Å²) in [5.41, 5.74) is 0.489. The number of nitrogens with one attached hydrogen (secondary N) is 2. The molecule has 0 atom stereocenters. The number of thioether (sulfide) groups is 1. The van der Waals surface area contributed by atoms with Crippen LogP contribution in [0.2, 0.25) is 0 Å². The van der Waals surface area contributed by atoms with Crippen LogP contribution < -0.4 is 11.1 Å². The Kier molecular flexibility index (Phi) is 4.39. The number of halogens is 3. The highest BCUT2D eigenvalue weighted by atomic mass is 32.2. The summed E-state index contributed by atoms with van der Waals surface area (Å²) in [6, 6.07) is 0. The van der Waals surface area contributed by atoms with E-state index in [1.807, 2.05) is 0 Å². The highest BCUT2D eigenvalue weighted by molar-refractivity contribution is 8.03. The van der Waals surface area contributed by atoms with Gasteiger partial charge in [0.2, 0.25) is 0 Å². The Balaban J connectivity index is 4.43. The molecule has 0 saturated carbocycles. The van der Waals surface area contributed by atoms with Crippen LogP contribution >= 0.6 is 11.8 Å². The van der Waals surface area contributed by atoms with Crippen LogP contribution in [0.15, 0.2) is 23.9 Å². The van der Waals surface area contributed by atoms with Crippen molar-refractivity contribution in [3.8, 4) is 0 Å². The van der Waals surface area contributed by atoms with E-state index >= 15 is 0 Å². The highest BCUT2D eigenvalue weighted by Gasteiger charge is 2.30. The number of amidine groups is 1. The van der Waals surface area contributed by atoms with Crippen LogP contribution in [-0.4, -0.2) is 11.3 Å². The lowest BCUT2D eigenvalue weighted by Crippen LogP contribution is -2.13. The minimum absolute atomic E-state index is 0.282. The molecule has 0 radical (unpaired) electrons. The van der Waals surface area contributed by atoms with Crippen molar-refractivity contribution in [1.82, 2.24) is 5.32 Å². The Labute approximate surface area is 77.4 Å². The van der Waals surface area contributed by atoms with Gasteiger partial charge in [-0.25, -0.2) is 0 Å².